The minimum atomic E-state index is -0.977. The molecule has 2 aliphatic heterocycles. The van der Waals surface area contributed by atoms with Crippen LogP contribution in [0.5, 0.6) is 0 Å². The van der Waals surface area contributed by atoms with Gasteiger partial charge >= 0.3 is 0 Å². The van der Waals surface area contributed by atoms with Gasteiger partial charge in [-0.05, 0) is 53.8 Å². The van der Waals surface area contributed by atoms with E-state index in [0.717, 1.165) is 41.1 Å². The Bertz CT molecular complexity index is 1300. The summed E-state index contributed by atoms with van der Waals surface area (Å²) in [6.45, 7) is 1.56. The number of carbonyl (C=O) groups is 4. The average molecular weight is 469 g/mol. The third kappa shape index (κ3) is 4.48. The summed E-state index contributed by atoms with van der Waals surface area (Å²) in [7, 11) is 0. The maximum absolute atomic E-state index is 13.3. The van der Waals surface area contributed by atoms with Crippen LogP contribution in [0.15, 0.2) is 67.0 Å². The van der Waals surface area contributed by atoms with Gasteiger partial charge in [-0.1, -0.05) is 42.5 Å². The summed E-state index contributed by atoms with van der Waals surface area (Å²) in [4.78, 5) is 55.3. The highest BCUT2D eigenvalue weighted by atomic mass is 16.2. The predicted molar refractivity (Wildman–Crippen MR) is 128 cm³/mol. The van der Waals surface area contributed by atoms with Gasteiger partial charge in [0.15, 0.2) is 0 Å². The smallest absolute Gasteiger partial charge is 0.262 e. The number of aromatic nitrogens is 1. The molecule has 1 atom stereocenters. The Balaban J connectivity index is 1.30. The maximum atomic E-state index is 13.3. The minimum Gasteiger partial charge on any atom is -0.312 e. The quantitative estimate of drug-likeness (QED) is 0.407. The first-order valence-corrected chi connectivity index (χ1v) is 11.6. The van der Waals surface area contributed by atoms with E-state index in [1.165, 1.54) is 0 Å². The SMILES string of the molecule is O=C1CCC(N2C(=O)c3cccc(-c4ccc(CCNCc5cccnc5)cc4)c3C2=O)C(=O)N1. The number of hydrogen-bond acceptors (Lipinski definition) is 6. The van der Waals surface area contributed by atoms with Crippen LogP contribution in [-0.4, -0.2) is 46.1 Å². The Morgan fingerprint density at radius 2 is 1.71 bits per heavy atom. The molecule has 0 bridgehead atoms. The van der Waals surface area contributed by atoms with E-state index >= 15 is 0 Å². The van der Waals surface area contributed by atoms with Crippen LogP contribution >= 0.6 is 0 Å². The normalized spacial score (nSPS) is 17.5. The number of carbonyl (C=O) groups excluding carboxylic acids is 4. The molecule has 1 saturated heterocycles. The summed E-state index contributed by atoms with van der Waals surface area (Å²) in [5.74, 6) is -2.01. The first-order chi connectivity index (χ1) is 17.0. The number of nitrogens with zero attached hydrogens (tertiary/aromatic N) is 2. The van der Waals surface area contributed by atoms with Crippen LogP contribution in [0.1, 0.15) is 44.7 Å². The Morgan fingerprint density at radius 3 is 2.46 bits per heavy atom. The van der Waals surface area contributed by atoms with Crippen LogP contribution < -0.4 is 10.6 Å². The van der Waals surface area contributed by atoms with E-state index in [0.29, 0.717) is 11.1 Å². The molecular weight excluding hydrogens is 444 g/mol. The molecule has 3 heterocycles. The number of amides is 4. The van der Waals surface area contributed by atoms with E-state index in [1.54, 1.807) is 18.3 Å². The zero-order valence-electron chi connectivity index (χ0n) is 19.0. The standard InChI is InChI=1S/C27H24N4O4/c32-23-11-10-22(25(33)30-23)31-26(34)21-5-1-4-20(24(21)27(31)35)19-8-6-17(7-9-19)12-14-29-16-18-3-2-13-28-15-18/h1-9,13,15,22,29H,10-12,14,16H2,(H,30,32,33). The molecule has 2 N–H and O–H groups in total. The lowest BCUT2D eigenvalue weighted by Gasteiger charge is -2.27. The highest BCUT2D eigenvalue weighted by molar-refractivity contribution is 6.25. The van der Waals surface area contributed by atoms with Crippen molar-refractivity contribution in [2.45, 2.75) is 31.8 Å². The van der Waals surface area contributed by atoms with Gasteiger partial charge in [0.25, 0.3) is 11.8 Å². The van der Waals surface area contributed by atoms with E-state index in [4.69, 9.17) is 0 Å². The molecule has 4 amide bonds. The second kappa shape index (κ2) is 9.60. The van der Waals surface area contributed by atoms with Gasteiger partial charge in [-0.15, -0.1) is 0 Å². The second-order valence-corrected chi connectivity index (χ2v) is 8.66. The van der Waals surface area contributed by atoms with Crippen molar-refractivity contribution in [3.05, 3.63) is 89.2 Å². The molecule has 176 valence electrons. The van der Waals surface area contributed by atoms with Gasteiger partial charge in [-0.3, -0.25) is 34.4 Å². The Kier molecular flexibility index (Phi) is 6.20. The van der Waals surface area contributed by atoms with Crippen molar-refractivity contribution in [2.24, 2.45) is 0 Å². The number of hydrogen-bond donors (Lipinski definition) is 2. The molecule has 1 fully saturated rings. The molecule has 8 heteroatoms. The molecule has 1 unspecified atom stereocenters. The van der Waals surface area contributed by atoms with E-state index < -0.39 is 29.7 Å². The van der Waals surface area contributed by atoms with E-state index in [9.17, 15) is 19.2 Å². The lowest BCUT2D eigenvalue weighted by Crippen LogP contribution is -2.54. The van der Waals surface area contributed by atoms with E-state index in [2.05, 4.69) is 15.6 Å². The van der Waals surface area contributed by atoms with Crippen molar-refractivity contribution >= 4 is 23.6 Å². The predicted octanol–water partition coefficient (Wildman–Crippen LogP) is 2.48. The third-order valence-electron chi connectivity index (χ3n) is 6.38. The number of pyridine rings is 1. The fourth-order valence-corrected chi connectivity index (χ4v) is 4.57. The van der Waals surface area contributed by atoms with Gasteiger partial charge in [0.1, 0.15) is 6.04 Å². The van der Waals surface area contributed by atoms with E-state index in [1.807, 2.05) is 48.7 Å². The zero-order chi connectivity index (χ0) is 24.4. The van der Waals surface area contributed by atoms with Crippen molar-refractivity contribution < 1.29 is 19.2 Å². The summed E-state index contributed by atoms with van der Waals surface area (Å²) >= 11 is 0. The maximum Gasteiger partial charge on any atom is 0.262 e. The van der Waals surface area contributed by atoms with Crippen molar-refractivity contribution in [1.29, 1.82) is 0 Å². The highest BCUT2D eigenvalue weighted by Gasteiger charge is 2.45. The monoisotopic (exact) mass is 468 g/mol. The van der Waals surface area contributed by atoms with Crippen LogP contribution in [0.4, 0.5) is 0 Å². The molecule has 0 aliphatic carbocycles. The summed E-state index contributed by atoms with van der Waals surface area (Å²) in [5, 5.41) is 5.63. The van der Waals surface area contributed by atoms with Gasteiger partial charge in [-0.25, -0.2) is 0 Å². The molecule has 35 heavy (non-hydrogen) atoms. The van der Waals surface area contributed by atoms with Crippen molar-refractivity contribution in [3.63, 3.8) is 0 Å². The number of nitrogens with one attached hydrogen (secondary N) is 2. The number of fused-ring (bicyclic) bond motifs is 1. The molecule has 2 aromatic carbocycles. The average Bonchev–Trinajstić information content (AvgIpc) is 3.13. The summed E-state index contributed by atoms with van der Waals surface area (Å²) < 4.78 is 0. The largest absolute Gasteiger partial charge is 0.312 e. The molecule has 5 rings (SSSR count). The van der Waals surface area contributed by atoms with E-state index in [-0.39, 0.29) is 18.4 Å². The fraction of sp³-hybridized carbons (Fsp3) is 0.222. The van der Waals surface area contributed by atoms with Crippen LogP contribution in [0.3, 0.4) is 0 Å². The highest BCUT2D eigenvalue weighted by Crippen LogP contribution is 2.34. The zero-order valence-corrected chi connectivity index (χ0v) is 19.0. The second-order valence-electron chi connectivity index (χ2n) is 8.66. The van der Waals surface area contributed by atoms with Crippen LogP contribution in [0.25, 0.3) is 11.1 Å². The van der Waals surface area contributed by atoms with Crippen LogP contribution in [-0.2, 0) is 22.6 Å². The van der Waals surface area contributed by atoms with Crippen LogP contribution in [0.2, 0.25) is 0 Å². The van der Waals surface area contributed by atoms with Crippen molar-refractivity contribution in [3.8, 4) is 11.1 Å². The number of rotatable bonds is 7. The molecule has 0 saturated carbocycles. The summed E-state index contributed by atoms with van der Waals surface area (Å²) in [6.07, 6.45) is 4.66. The van der Waals surface area contributed by atoms with Gasteiger partial charge < -0.3 is 5.32 Å². The van der Waals surface area contributed by atoms with Gasteiger partial charge in [0.2, 0.25) is 11.8 Å². The van der Waals surface area contributed by atoms with Gasteiger partial charge in [-0.2, -0.15) is 0 Å². The first kappa shape index (κ1) is 22.6. The molecule has 0 spiro atoms. The third-order valence-corrected chi connectivity index (χ3v) is 6.38. The Morgan fingerprint density at radius 1 is 0.914 bits per heavy atom. The Labute approximate surface area is 202 Å². The Hall–Kier alpha value is -4.17. The minimum absolute atomic E-state index is 0.0925. The van der Waals surface area contributed by atoms with Gasteiger partial charge in [0.05, 0.1) is 11.1 Å². The van der Waals surface area contributed by atoms with Crippen molar-refractivity contribution in [2.75, 3.05) is 6.54 Å². The van der Waals surface area contributed by atoms with Gasteiger partial charge in [0, 0.05) is 25.4 Å². The summed E-state index contributed by atoms with van der Waals surface area (Å²) in [5.41, 5.74) is 4.32. The lowest BCUT2D eigenvalue weighted by molar-refractivity contribution is -0.136. The molecular formula is C27H24N4O4. The number of piperidine rings is 1. The van der Waals surface area contributed by atoms with Crippen LogP contribution in [0, 0.1) is 0 Å². The molecule has 2 aliphatic rings. The number of imide groups is 2. The van der Waals surface area contributed by atoms with Crippen molar-refractivity contribution in [1.82, 2.24) is 20.5 Å². The topological polar surface area (TPSA) is 108 Å². The molecule has 0 radical (unpaired) electrons. The summed E-state index contributed by atoms with van der Waals surface area (Å²) in [6, 6.07) is 16.0. The molecule has 8 nitrogen and oxygen atoms in total. The number of benzene rings is 2. The molecule has 1 aromatic heterocycles. The molecule has 3 aromatic rings. The first-order valence-electron chi connectivity index (χ1n) is 11.6. The lowest BCUT2D eigenvalue weighted by atomic mass is 9.95. The fourth-order valence-electron chi connectivity index (χ4n) is 4.57.